The van der Waals surface area contributed by atoms with E-state index < -0.39 is 18.0 Å². The van der Waals surface area contributed by atoms with E-state index in [9.17, 15) is 9.59 Å². The van der Waals surface area contributed by atoms with E-state index in [0.717, 1.165) is 0 Å². The monoisotopic (exact) mass is 402 g/mol. The van der Waals surface area contributed by atoms with Crippen LogP contribution < -0.4 is 10.1 Å². The summed E-state index contributed by atoms with van der Waals surface area (Å²) in [4.78, 5) is 28.1. The minimum atomic E-state index is -1.11. The first kappa shape index (κ1) is 19.3. The quantitative estimate of drug-likeness (QED) is 0.756. The Kier molecular flexibility index (Phi) is 6.47. The fourth-order valence-electron chi connectivity index (χ4n) is 1.84. The molecule has 1 heterocycles. The predicted octanol–water partition coefficient (Wildman–Crippen LogP) is 4.23. The molecule has 1 atom stereocenters. The second kappa shape index (κ2) is 8.38. The molecule has 0 aliphatic carbocycles. The maximum Gasteiger partial charge on any atom is 0.359 e. The lowest BCUT2D eigenvalue weighted by atomic mass is 10.2. The molecule has 0 aliphatic heterocycles. The van der Waals surface area contributed by atoms with Crippen molar-refractivity contribution in [1.29, 1.82) is 0 Å². The van der Waals surface area contributed by atoms with Gasteiger partial charge in [-0.1, -0.05) is 46.9 Å². The van der Waals surface area contributed by atoms with Gasteiger partial charge in [-0.3, -0.25) is 4.79 Å². The summed E-state index contributed by atoms with van der Waals surface area (Å²) < 4.78 is 10.2. The Bertz CT molecular complexity index is 814. The van der Waals surface area contributed by atoms with Crippen LogP contribution >= 0.6 is 34.8 Å². The molecule has 1 amide bonds. The van der Waals surface area contributed by atoms with Crippen LogP contribution in [-0.4, -0.2) is 30.1 Å². The molecule has 0 radical (unpaired) electrons. The van der Waals surface area contributed by atoms with Crippen molar-refractivity contribution in [2.45, 2.75) is 13.0 Å². The lowest BCUT2D eigenvalue weighted by molar-refractivity contribution is -0.123. The number of nitrogens with zero attached hydrogens (tertiary/aromatic N) is 1. The van der Waals surface area contributed by atoms with E-state index in [1.54, 1.807) is 24.3 Å². The summed E-state index contributed by atoms with van der Waals surface area (Å²) in [5.74, 6) is -0.969. The number of benzene rings is 1. The summed E-state index contributed by atoms with van der Waals surface area (Å²) in [5, 5.41) is 2.55. The van der Waals surface area contributed by atoms with Crippen LogP contribution in [0.25, 0.3) is 0 Å². The fraction of sp³-hybridized carbons (Fsp3) is 0.188. The molecule has 0 saturated heterocycles. The van der Waals surface area contributed by atoms with Gasteiger partial charge in [0.25, 0.3) is 5.91 Å². The van der Waals surface area contributed by atoms with Crippen molar-refractivity contribution in [1.82, 2.24) is 4.98 Å². The molecule has 0 aliphatic rings. The molecule has 25 heavy (non-hydrogen) atoms. The number of esters is 1. The minimum Gasteiger partial charge on any atom is -0.495 e. The largest absolute Gasteiger partial charge is 0.495 e. The van der Waals surface area contributed by atoms with Gasteiger partial charge in [0.05, 0.1) is 27.9 Å². The summed E-state index contributed by atoms with van der Waals surface area (Å²) in [6, 6.07) is 6.83. The zero-order valence-corrected chi connectivity index (χ0v) is 15.4. The lowest BCUT2D eigenvalue weighted by Crippen LogP contribution is -2.30. The van der Waals surface area contributed by atoms with Gasteiger partial charge in [-0.2, -0.15) is 0 Å². The van der Waals surface area contributed by atoms with Gasteiger partial charge in [-0.15, -0.1) is 0 Å². The van der Waals surface area contributed by atoms with Gasteiger partial charge >= 0.3 is 5.97 Å². The highest BCUT2D eigenvalue weighted by Crippen LogP contribution is 2.31. The number of amides is 1. The number of aromatic nitrogens is 1. The predicted molar refractivity (Wildman–Crippen MR) is 95.8 cm³/mol. The topological polar surface area (TPSA) is 77.5 Å². The summed E-state index contributed by atoms with van der Waals surface area (Å²) in [5.41, 5.74) is 0.219. The highest BCUT2D eigenvalue weighted by Gasteiger charge is 2.24. The molecule has 0 bridgehead atoms. The van der Waals surface area contributed by atoms with Crippen LogP contribution in [0.1, 0.15) is 17.4 Å². The molecule has 0 spiro atoms. The number of para-hydroxylation sites is 2. The average molecular weight is 404 g/mol. The van der Waals surface area contributed by atoms with Gasteiger partial charge in [0.15, 0.2) is 11.8 Å². The number of rotatable bonds is 5. The third-order valence-electron chi connectivity index (χ3n) is 3.13. The second-order valence-electron chi connectivity index (χ2n) is 4.82. The van der Waals surface area contributed by atoms with E-state index >= 15 is 0 Å². The highest BCUT2D eigenvalue weighted by molar-refractivity contribution is 6.48. The SMILES string of the molecule is COc1ccccc1NC(=O)C(C)OC(=O)c1ncc(Cl)c(Cl)c1Cl. The molecule has 1 aromatic carbocycles. The number of carbonyl (C=O) groups is 2. The Morgan fingerprint density at radius 3 is 2.52 bits per heavy atom. The number of nitrogens with one attached hydrogen (secondary N) is 1. The first-order chi connectivity index (χ1) is 11.8. The molecule has 1 N–H and O–H groups in total. The molecular weight excluding hydrogens is 391 g/mol. The Morgan fingerprint density at radius 2 is 1.84 bits per heavy atom. The summed E-state index contributed by atoms with van der Waals surface area (Å²) in [6.45, 7) is 1.41. The summed E-state index contributed by atoms with van der Waals surface area (Å²) in [6.07, 6.45) is 0.0658. The first-order valence-corrected chi connectivity index (χ1v) is 8.13. The zero-order valence-electron chi connectivity index (χ0n) is 13.2. The molecule has 6 nitrogen and oxygen atoms in total. The van der Waals surface area contributed by atoms with Crippen molar-refractivity contribution in [2.24, 2.45) is 0 Å². The van der Waals surface area contributed by atoms with Crippen LogP contribution in [0.5, 0.6) is 5.75 Å². The van der Waals surface area contributed by atoms with Crippen LogP contribution in [-0.2, 0) is 9.53 Å². The molecule has 132 valence electrons. The molecule has 2 aromatic rings. The molecule has 9 heteroatoms. The minimum absolute atomic E-state index is 0.0172. The molecular formula is C16H13Cl3N2O4. The van der Waals surface area contributed by atoms with Gasteiger partial charge in [0, 0.05) is 6.20 Å². The number of halogens is 3. The van der Waals surface area contributed by atoms with Crippen LogP contribution in [0.15, 0.2) is 30.5 Å². The van der Waals surface area contributed by atoms with Gasteiger partial charge in [0.1, 0.15) is 5.75 Å². The van der Waals surface area contributed by atoms with Crippen LogP contribution in [0.3, 0.4) is 0 Å². The number of hydrogen-bond donors (Lipinski definition) is 1. The van der Waals surface area contributed by atoms with Gasteiger partial charge in [-0.05, 0) is 19.1 Å². The summed E-state index contributed by atoms with van der Waals surface area (Å²) >= 11 is 17.5. The highest BCUT2D eigenvalue weighted by atomic mass is 35.5. The van der Waals surface area contributed by atoms with E-state index in [-0.39, 0.29) is 20.8 Å². The Labute approximate surface area is 159 Å². The molecule has 0 saturated carbocycles. The lowest BCUT2D eigenvalue weighted by Gasteiger charge is -2.15. The number of anilines is 1. The van der Waals surface area contributed by atoms with Crippen molar-refractivity contribution >= 4 is 52.4 Å². The number of hydrogen-bond acceptors (Lipinski definition) is 5. The van der Waals surface area contributed by atoms with Crippen molar-refractivity contribution in [3.63, 3.8) is 0 Å². The zero-order chi connectivity index (χ0) is 18.6. The number of methoxy groups -OCH3 is 1. The van der Waals surface area contributed by atoms with E-state index in [4.69, 9.17) is 44.3 Å². The van der Waals surface area contributed by atoms with Gasteiger partial charge in [0.2, 0.25) is 0 Å². The summed E-state index contributed by atoms with van der Waals surface area (Å²) in [7, 11) is 1.48. The van der Waals surface area contributed by atoms with Gasteiger partial charge in [-0.25, -0.2) is 9.78 Å². The molecule has 0 fully saturated rings. The standard InChI is InChI=1S/C16H13Cl3N2O4/c1-8(15(22)21-10-5-3-4-6-11(10)24-2)25-16(23)14-13(19)12(18)9(17)7-20-14/h3-8H,1-2H3,(H,21,22). The van der Waals surface area contributed by atoms with E-state index in [1.165, 1.54) is 20.2 Å². The van der Waals surface area contributed by atoms with Crippen LogP contribution in [0.2, 0.25) is 15.1 Å². The van der Waals surface area contributed by atoms with Crippen molar-refractivity contribution in [2.75, 3.05) is 12.4 Å². The van der Waals surface area contributed by atoms with Crippen LogP contribution in [0, 0.1) is 0 Å². The number of ether oxygens (including phenoxy) is 2. The van der Waals surface area contributed by atoms with E-state index in [0.29, 0.717) is 11.4 Å². The maximum absolute atomic E-state index is 12.2. The Morgan fingerprint density at radius 1 is 1.16 bits per heavy atom. The number of pyridine rings is 1. The van der Waals surface area contributed by atoms with Crippen molar-refractivity contribution in [3.05, 3.63) is 51.2 Å². The first-order valence-electron chi connectivity index (χ1n) is 6.99. The third-order valence-corrected chi connectivity index (χ3v) is 4.37. The maximum atomic E-state index is 12.2. The van der Waals surface area contributed by atoms with Gasteiger partial charge < -0.3 is 14.8 Å². The van der Waals surface area contributed by atoms with Crippen molar-refractivity contribution in [3.8, 4) is 5.75 Å². The van der Waals surface area contributed by atoms with Crippen LogP contribution in [0.4, 0.5) is 5.69 Å². The van der Waals surface area contributed by atoms with E-state index in [1.807, 2.05) is 0 Å². The van der Waals surface area contributed by atoms with Crippen molar-refractivity contribution < 1.29 is 19.1 Å². The third kappa shape index (κ3) is 4.54. The Balaban J connectivity index is 2.08. The molecule has 1 aromatic heterocycles. The normalized spacial score (nSPS) is 11.6. The molecule has 1 unspecified atom stereocenters. The second-order valence-corrected chi connectivity index (χ2v) is 5.98. The smallest absolute Gasteiger partial charge is 0.359 e. The fourth-order valence-corrected chi connectivity index (χ4v) is 2.40. The Hall–Kier alpha value is -2.02. The van der Waals surface area contributed by atoms with E-state index in [2.05, 4.69) is 10.3 Å². The number of carbonyl (C=O) groups excluding carboxylic acids is 2. The molecule has 2 rings (SSSR count). The average Bonchev–Trinajstić information content (AvgIpc) is 2.60.